The molecule has 1 N–H and O–H groups in total. The largest absolute Gasteiger partial charge is 0.497 e. The number of hydrogen-bond donors (Lipinski definition) is 1. The van der Waals surface area contributed by atoms with E-state index in [2.05, 4.69) is 10.3 Å². The average Bonchev–Trinajstić information content (AvgIpc) is 3.17. The summed E-state index contributed by atoms with van der Waals surface area (Å²) in [7, 11) is 1.58. The number of carboxylic acid groups (broad SMARTS) is 1. The minimum Gasteiger partial charge on any atom is -0.497 e. The molecule has 0 unspecified atom stereocenters. The lowest BCUT2D eigenvalue weighted by molar-refractivity contribution is -0.0382. The summed E-state index contributed by atoms with van der Waals surface area (Å²) in [6.07, 6.45) is 0.673. The summed E-state index contributed by atoms with van der Waals surface area (Å²) in [6, 6.07) is 14.4. The number of carbonyl (C=O) groups is 1. The first kappa shape index (κ1) is 21.7. The van der Waals surface area contributed by atoms with Crippen molar-refractivity contribution >= 4 is 5.97 Å². The van der Waals surface area contributed by atoms with E-state index >= 15 is 0 Å². The third kappa shape index (κ3) is 4.87. The van der Waals surface area contributed by atoms with Crippen LogP contribution >= 0.6 is 0 Å². The predicted octanol–water partition coefficient (Wildman–Crippen LogP) is 5.12. The van der Waals surface area contributed by atoms with Crippen molar-refractivity contribution in [3.8, 4) is 17.4 Å². The van der Waals surface area contributed by atoms with E-state index in [1.54, 1.807) is 31.4 Å². The van der Waals surface area contributed by atoms with Crippen LogP contribution in [0.3, 0.4) is 0 Å². The Hall–Kier alpha value is -3.49. The zero-order chi connectivity index (χ0) is 22.7. The van der Waals surface area contributed by atoms with Gasteiger partial charge in [0, 0.05) is 12.8 Å². The standard InChI is InChI=1S/C23H23F2N3O4/c1-31-18-6-2-15(3-7-18)14-28-21(20(22(29)30)26-27-28)32-19-8-4-16(5-9-19)17-10-12-23(24,25)13-11-17/h2-9,17H,10-14H2,1H3,(H,29,30). The zero-order valence-electron chi connectivity index (χ0n) is 17.5. The van der Waals surface area contributed by atoms with Crippen LogP contribution in [0.5, 0.6) is 17.4 Å². The van der Waals surface area contributed by atoms with Gasteiger partial charge in [0.15, 0.2) is 0 Å². The number of aromatic carboxylic acids is 1. The Morgan fingerprint density at radius 1 is 1.09 bits per heavy atom. The first-order chi connectivity index (χ1) is 15.3. The minimum atomic E-state index is -2.57. The first-order valence-electron chi connectivity index (χ1n) is 10.3. The lowest BCUT2D eigenvalue weighted by Crippen LogP contribution is -2.23. The maximum atomic E-state index is 13.4. The summed E-state index contributed by atoms with van der Waals surface area (Å²) in [6.45, 7) is 0.258. The van der Waals surface area contributed by atoms with E-state index in [0.717, 1.165) is 11.1 Å². The van der Waals surface area contributed by atoms with E-state index in [-0.39, 0.29) is 36.9 Å². The molecule has 1 aliphatic rings. The molecule has 32 heavy (non-hydrogen) atoms. The van der Waals surface area contributed by atoms with Crippen LogP contribution in [0.25, 0.3) is 0 Å². The fourth-order valence-corrected chi connectivity index (χ4v) is 3.84. The van der Waals surface area contributed by atoms with Gasteiger partial charge in [-0.1, -0.05) is 29.5 Å². The van der Waals surface area contributed by atoms with Gasteiger partial charge in [-0.15, -0.1) is 5.10 Å². The number of nitrogens with zero attached hydrogens (tertiary/aromatic N) is 3. The van der Waals surface area contributed by atoms with Gasteiger partial charge in [0.2, 0.25) is 11.6 Å². The van der Waals surface area contributed by atoms with Crippen molar-refractivity contribution in [2.45, 2.75) is 44.1 Å². The highest BCUT2D eigenvalue weighted by atomic mass is 19.3. The fraction of sp³-hybridized carbons (Fsp3) is 0.348. The molecule has 7 nitrogen and oxygen atoms in total. The van der Waals surface area contributed by atoms with Gasteiger partial charge in [-0.3, -0.25) is 0 Å². The van der Waals surface area contributed by atoms with E-state index in [9.17, 15) is 18.7 Å². The lowest BCUT2D eigenvalue weighted by Gasteiger charge is -2.28. The van der Waals surface area contributed by atoms with Crippen molar-refractivity contribution in [1.29, 1.82) is 0 Å². The molecule has 168 valence electrons. The molecule has 0 spiro atoms. The Kier molecular flexibility index (Phi) is 6.07. The van der Waals surface area contributed by atoms with Crippen molar-refractivity contribution in [3.05, 3.63) is 65.4 Å². The van der Waals surface area contributed by atoms with E-state index < -0.39 is 11.9 Å². The Bertz CT molecular complexity index is 1070. The van der Waals surface area contributed by atoms with Gasteiger partial charge in [0.25, 0.3) is 5.88 Å². The third-order valence-electron chi connectivity index (χ3n) is 5.67. The second-order valence-corrected chi connectivity index (χ2v) is 7.86. The van der Waals surface area contributed by atoms with Crippen LogP contribution < -0.4 is 9.47 Å². The number of alkyl halides is 2. The fourth-order valence-electron chi connectivity index (χ4n) is 3.84. The van der Waals surface area contributed by atoms with Crippen LogP contribution in [0.4, 0.5) is 8.78 Å². The summed E-state index contributed by atoms with van der Waals surface area (Å²) in [5.74, 6) is -2.60. The minimum absolute atomic E-state index is 0.0124. The molecule has 4 rings (SSSR count). The Labute approximate surface area is 183 Å². The lowest BCUT2D eigenvalue weighted by atomic mass is 9.82. The molecule has 9 heteroatoms. The number of methoxy groups -OCH3 is 1. The summed E-state index contributed by atoms with van der Waals surface area (Å²) in [5.41, 5.74) is 1.54. The monoisotopic (exact) mass is 443 g/mol. The number of halogens is 2. The maximum absolute atomic E-state index is 13.4. The van der Waals surface area contributed by atoms with Crippen LogP contribution in [-0.4, -0.2) is 39.1 Å². The van der Waals surface area contributed by atoms with E-state index in [1.807, 2.05) is 24.3 Å². The molecule has 2 aromatic carbocycles. The molecular formula is C23H23F2N3O4. The molecular weight excluding hydrogens is 420 g/mol. The molecule has 3 aromatic rings. The number of hydrogen-bond acceptors (Lipinski definition) is 5. The van der Waals surface area contributed by atoms with Gasteiger partial charge >= 0.3 is 5.97 Å². The predicted molar refractivity (Wildman–Crippen MR) is 112 cm³/mol. The van der Waals surface area contributed by atoms with E-state index in [4.69, 9.17) is 9.47 Å². The normalized spacial score (nSPS) is 16.0. The molecule has 0 aliphatic heterocycles. The van der Waals surface area contributed by atoms with Crippen LogP contribution in [0, 0.1) is 0 Å². The molecule has 0 bridgehead atoms. The number of ether oxygens (including phenoxy) is 2. The van der Waals surface area contributed by atoms with Crippen molar-refractivity contribution in [2.24, 2.45) is 0 Å². The SMILES string of the molecule is COc1ccc(Cn2nnc(C(=O)O)c2Oc2ccc(C3CCC(F)(F)CC3)cc2)cc1. The summed E-state index contributed by atoms with van der Waals surface area (Å²) in [4.78, 5) is 11.6. The van der Waals surface area contributed by atoms with Crippen LogP contribution in [0.15, 0.2) is 48.5 Å². The highest BCUT2D eigenvalue weighted by Gasteiger charge is 2.35. The third-order valence-corrected chi connectivity index (χ3v) is 5.67. The van der Waals surface area contributed by atoms with Crippen molar-refractivity contribution in [1.82, 2.24) is 15.0 Å². The van der Waals surface area contributed by atoms with Crippen LogP contribution in [0.2, 0.25) is 0 Å². The first-order valence-corrected chi connectivity index (χ1v) is 10.3. The van der Waals surface area contributed by atoms with Crippen molar-refractivity contribution in [3.63, 3.8) is 0 Å². The summed E-state index contributed by atoms with van der Waals surface area (Å²) < 4.78 is 39.2. The number of rotatable bonds is 7. The van der Waals surface area contributed by atoms with Crippen LogP contribution in [-0.2, 0) is 6.54 Å². The molecule has 0 amide bonds. The molecule has 0 radical (unpaired) electrons. The van der Waals surface area contributed by atoms with Gasteiger partial charge in [-0.2, -0.15) is 0 Å². The highest BCUT2D eigenvalue weighted by Crippen LogP contribution is 2.41. The van der Waals surface area contributed by atoms with Gasteiger partial charge in [0.05, 0.1) is 13.7 Å². The topological polar surface area (TPSA) is 86.5 Å². The maximum Gasteiger partial charge on any atom is 0.362 e. The average molecular weight is 443 g/mol. The molecule has 1 saturated carbocycles. The van der Waals surface area contributed by atoms with Gasteiger partial charge in [-0.25, -0.2) is 18.3 Å². The molecule has 1 aromatic heterocycles. The Morgan fingerprint density at radius 3 is 2.31 bits per heavy atom. The Morgan fingerprint density at radius 2 is 1.72 bits per heavy atom. The highest BCUT2D eigenvalue weighted by molar-refractivity contribution is 5.87. The van der Waals surface area contributed by atoms with E-state index in [1.165, 1.54) is 4.68 Å². The zero-order valence-corrected chi connectivity index (χ0v) is 17.5. The summed E-state index contributed by atoms with van der Waals surface area (Å²) in [5, 5.41) is 17.1. The molecule has 1 heterocycles. The second kappa shape index (κ2) is 8.94. The van der Waals surface area contributed by atoms with Gasteiger partial charge in [-0.05, 0) is 54.2 Å². The van der Waals surface area contributed by atoms with Crippen molar-refractivity contribution < 1.29 is 28.2 Å². The van der Waals surface area contributed by atoms with Gasteiger partial charge < -0.3 is 14.6 Å². The quantitative estimate of drug-likeness (QED) is 0.546. The summed E-state index contributed by atoms with van der Waals surface area (Å²) >= 11 is 0. The molecule has 0 atom stereocenters. The molecule has 1 aliphatic carbocycles. The molecule has 1 fully saturated rings. The van der Waals surface area contributed by atoms with Crippen LogP contribution in [0.1, 0.15) is 53.2 Å². The number of aromatic nitrogens is 3. The Balaban J connectivity index is 1.51. The molecule has 0 saturated heterocycles. The number of benzene rings is 2. The van der Waals surface area contributed by atoms with Gasteiger partial charge in [0.1, 0.15) is 11.5 Å². The smallest absolute Gasteiger partial charge is 0.362 e. The number of carboxylic acids is 1. The van der Waals surface area contributed by atoms with Crippen molar-refractivity contribution in [2.75, 3.05) is 7.11 Å². The van der Waals surface area contributed by atoms with E-state index in [0.29, 0.717) is 24.3 Å². The second-order valence-electron chi connectivity index (χ2n) is 7.86.